The van der Waals surface area contributed by atoms with Gasteiger partial charge in [-0.25, -0.2) is 0 Å². The lowest BCUT2D eigenvalue weighted by atomic mass is 10.1. The SMILES string of the molecule is CN=C(NCC(=O)NC(C)(C)C)NCc1ccc(C#N)cc1.I. The van der Waals surface area contributed by atoms with Gasteiger partial charge in [0.15, 0.2) is 5.96 Å². The first-order chi connectivity index (χ1) is 10.3. The predicted molar refractivity (Wildman–Crippen MR) is 103 cm³/mol. The highest BCUT2D eigenvalue weighted by Crippen LogP contribution is 2.02. The van der Waals surface area contributed by atoms with Gasteiger partial charge in [-0.3, -0.25) is 9.79 Å². The Balaban J connectivity index is 0.00000484. The largest absolute Gasteiger partial charge is 0.352 e. The van der Waals surface area contributed by atoms with Crippen LogP contribution in [0, 0.1) is 11.3 Å². The summed E-state index contributed by atoms with van der Waals surface area (Å²) in [6, 6.07) is 9.38. The number of guanidine groups is 1. The molecule has 0 aliphatic heterocycles. The van der Waals surface area contributed by atoms with E-state index in [0.717, 1.165) is 5.56 Å². The molecule has 1 aromatic carbocycles. The summed E-state index contributed by atoms with van der Waals surface area (Å²) in [6.07, 6.45) is 0. The van der Waals surface area contributed by atoms with E-state index in [1.807, 2.05) is 32.9 Å². The highest BCUT2D eigenvalue weighted by Gasteiger charge is 2.13. The first-order valence-corrected chi connectivity index (χ1v) is 7.08. The fourth-order valence-corrected chi connectivity index (χ4v) is 1.73. The molecule has 1 rings (SSSR count). The second-order valence-electron chi connectivity index (χ2n) is 5.89. The van der Waals surface area contributed by atoms with Crippen LogP contribution in [0.25, 0.3) is 0 Å². The molecule has 6 nitrogen and oxygen atoms in total. The molecular formula is C16H24IN5O. The molecule has 23 heavy (non-hydrogen) atoms. The van der Waals surface area contributed by atoms with E-state index < -0.39 is 0 Å². The van der Waals surface area contributed by atoms with Crippen molar-refractivity contribution in [2.45, 2.75) is 32.9 Å². The van der Waals surface area contributed by atoms with Crippen molar-refractivity contribution in [3.05, 3.63) is 35.4 Å². The van der Waals surface area contributed by atoms with Gasteiger partial charge in [0.1, 0.15) is 0 Å². The van der Waals surface area contributed by atoms with Crippen LogP contribution in [0.4, 0.5) is 0 Å². The molecule has 0 heterocycles. The summed E-state index contributed by atoms with van der Waals surface area (Å²) in [6.45, 7) is 6.52. The lowest BCUT2D eigenvalue weighted by Gasteiger charge is -2.21. The minimum Gasteiger partial charge on any atom is -0.352 e. The van der Waals surface area contributed by atoms with Gasteiger partial charge in [-0.2, -0.15) is 5.26 Å². The first-order valence-electron chi connectivity index (χ1n) is 7.08. The number of carbonyl (C=O) groups excluding carboxylic acids is 1. The van der Waals surface area contributed by atoms with Crippen LogP contribution < -0.4 is 16.0 Å². The summed E-state index contributed by atoms with van der Waals surface area (Å²) in [5.74, 6) is 0.460. The van der Waals surface area contributed by atoms with Crippen LogP contribution >= 0.6 is 24.0 Å². The standard InChI is InChI=1S/C16H23N5O.HI/c1-16(2,3)21-14(22)11-20-15(18-4)19-10-13-7-5-12(9-17)6-8-13;/h5-8H,10-11H2,1-4H3,(H,21,22)(H2,18,19,20);1H. The van der Waals surface area contributed by atoms with Gasteiger partial charge in [0.25, 0.3) is 0 Å². The minimum atomic E-state index is -0.252. The maximum atomic E-state index is 11.7. The summed E-state index contributed by atoms with van der Waals surface area (Å²) < 4.78 is 0. The van der Waals surface area contributed by atoms with Crippen LogP contribution in [0.2, 0.25) is 0 Å². The molecular weight excluding hydrogens is 405 g/mol. The zero-order chi connectivity index (χ0) is 16.6. The van der Waals surface area contributed by atoms with Crippen molar-refractivity contribution in [3.63, 3.8) is 0 Å². The number of halogens is 1. The third-order valence-electron chi connectivity index (χ3n) is 2.70. The molecule has 126 valence electrons. The molecule has 0 saturated carbocycles. The van der Waals surface area contributed by atoms with Crippen LogP contribution in [0.1, 0.15) is 31.9 Å². The molecule has 0 atom stereocenters. The summed E-state index contributed by atoms with van der Waals surface area (Å²) in [7, 11) is 1.65. The average Bonchev–Trinajstić information content (AvgIpc) is 2.46. The van der Waals surface area contributed by atoms with Crippen molar-refractivity contribution < 1.29 is 4.79 Å². The molecule has 0 aliphatic rings. The Morgan fingerprint density at radius 3 is 2.30 bits per heavy atom. The Hall–Kier alpha value is -1.82. The molecule has 3 N–H and O–H groups in total. The van der Waals surface area contributed by atoms with E-state index in [-0.39, 0.29) is 42.0 Å². The number of nitrogens with zero attached hydrogens (tertiary/aromatic N) is 2. The van der Waals surface area contributed by atoms with E-state index in [1.54, 1.807) is 19.2 Å². The second-order valence-corrected chi connectivity index (χ2v) is 5.89. The van der Waals surface area contributed by atoms with Gasteiger partial charge in [-0.1, -0.05) is 12.1 Å². The number of amides is 1. The molecule has 0 unspecified atom stereocenters. The minimum absolute atomic E-state index is 0. The number of aliphatic imine (C=N–C) groups is 1. The number of carbonyl (C=O) groups is 1. The predicted octanol–water partition coefficient (Wildman–Crippen LogP) is 1.76. The van der Waals surface area contributed by atoms with Crippen LogP contribution in [-0.4, -0.2) is 31.0 Å². The molecule has 0 aromatic heterocycles. The Morgan fingerprint density at radius 2 is 1.83 bits per heavy atom. The number of nitriles is 1. The van der Waals surface area contributed by atoms with E-state index in [2.05, 4.69) is 27.0 Å². The van der Waals surface area contributed by atoms with Crippen LogP contribution in [0.3, 0.4) is 0 Å². The van der Waals surface area contributed by atoms with Crippen molar-refractivity contribution in [1.29, 1.82) is 5.26 Å². The zero-order valence-electron chi connectivity index (χ0n) is 13.9. The van der Waals surface area contributed by atoms with Gasteiger partial charge >= 0.3 is 0 Å². The third kappa shape index (κ3) is 9.03. The monoisotopic (exact) mass is 429 g/mol. The number of benzene rings is 1. The molecule has 7 heteroatoms. The Labute approximate surface area is 154 Å². The van der Waals surface area contributed by atoms with E-state index in [4.69, 9.17) is 5.26 Å². The van der Waals surface area contributed by atoms with E-state index in [9.17, 15) is 4.79 Å². The van der Waals surface area contributed by atoms with Crippen molar-refractivity contribution in [1.82, 2.24) is 16.0 Å². The molecule has 1 aromatic rings. The lowest BCUT2D eigenvalue weighted by molar-refractivity contribution is -0.121. The van der Waals surface area contributed by atoms with Crippen LogP contribution in [-0.2, 0) is 11.3 Å². The van der Waals surface area contributed by atoms with Gasteiger partial charge in [-0.05, 0) is 38.5 Å². The topological polar surface area (TPSA) is 89.3 Å². The van der Waals surface area contributed by atoms with Gasteiger partial charge in [0.2, 0.25) is 5.91 Å². The Bertz CT molecular complexity index is 570. The third-order valence-corrected chi connectivity index (χ3v) is 2.70. The molecule has 0 bridgehead atoms. The zero-order valence-corrected chi connectivity index (χ0v) is 16.3. The van der Waals surface area contributed by atoms with Gasteiger partial charge in [-0.15, -0.1) is 24.0 Å². The number of nitrogens with one attached hydrogen (secondary N) is 3. The van der Waals surface area contributed by atoms with Crippen molar-refractivity contribution in [2.75, 3.05) is 13.6 Å². The highest BCUT2D eigenvalue weighted by atomic mass is 127. The molecule has 0 saturated heterocycles. The quantitative estimate of drug-likeness (QED) is 0.387. The average molecular weight is 429 g/mol. The van der Waals surface area contributed by atoms with Crippen LogP contribution in [0.15, 0.2) is 29.3 Å². The van der Waals surface area contributed by atoms with Crippen molar-refractivity contribution in [3.8, 4) is 6.07 Å². The van der Waals surface area contributed by atoms with Gasteiger partial charge in [0, 0.05) is 19.1 Å². The van der Waals surface area contributed by atoms with Gasteiger partial charge in [0.05, 0.1) is 18.2 Å². The van der Waals surface area contributed by atoms with E-state index in [1.165, 1.54) is 0 Å². The fraction of sp³-hybridized carbons (Fsp3) is 0.438. The summed E-state index contributed by atoms with van der Waals surface area (Å²) in [5.41, 5.74) is 1.41. The van der Waals surface area contributed by atoms with Gasteiger partial charge < -0.3 is 16.0 Å². The Morgan fingerprint density at radius 1 is 1.22 bits per heavy atom. The summed E-state index contributed by atoms with van der Waals surface area (Å²) >= 11 is 0. The lowest BCUT2D eigenvalue weighted by Crippen LogP contribution is -2.48. The number of hydrogen-bond acceptors (Lipinski definition) is 3. The summed E-state index contributed by atoms with van der Waals surface area (Å²) in [5, 5.41) is 17.7. The van der Waals surface area contributed by atoms with Crippen molar-refractivity contribution >= 4 is 35.8 Å². The Kier molecular flexibility index (Phi) is 9.25. The maximum absolute atomic E-state index is 11.7. The molecule has 1 amide bonds. The van der Waals surface area contributed by atoms with Crippen molar-refractivity contribution in [2.24, 2.45) is 4.99 Å². The van der Waals surface area contributed by atoms with Crippen LogP contribution in [0.5, 0.6) is 0 Å². The molecule has 0 radical (unpaired) electrons. The summed E-state index contributed by atoms with van der Waals surface area (Å²) in [4.78, 5) is 15.8. The highest BCUT2D eigenvalue weighted by molar-refractivity contribution is 14.0. The number of rotatable bonds is 4. The molecule has 0 spiro atoms. The second kappa shape index (κ2) is 10.0. The molecule has 0 aliphatic carbocycles. The smallest absolute Gasteiger partial charge is 0.239 e. The number of hydrogen-bond donors (Lipinski definition) is 3. The maximum Gasteiger partial charge on any atom is 0.239 e. The van der Waals surface area contributed by atoms with E-state index >= 15 is 0 Å². The van der Waals surface area contributed by atoms with E-state index in [0.29, 0.717) is 18.1 Å². The first kappa shape index (κ1) is 21.2. The fourth-order valence-electron chi connectivity index (χ4n) is 1.73. The molecule has 0 fully saturated rings. The normalized spacial score (nSPS) is 11.0.